The minimum atomic E-state index is 0.338. The monoisotopic (exact) mass is 255 g/mol. The molecule has 0 saturated carbocycles. The topological polar surface area (TPSA) is 28.2 Å². The van der Waals surface area contributed by atoms with Gasteiger partial charge in [0.05, 0.1) is 11.2 Å². The molecule has 0 aliphatic heterocycles. The molecule has 0 radical (unpaired) electrons. The van der Waals surface area contributed by atoms with Crippen LogP contribution >= 0.6 is 11.3 Å². The van der Waals surface area contributed by atoms with E-state index in [9.17, 15) is 0 Å². The quantitative estimate of drug-likeness (QED) is 0.812. The van der Waals surface area contributed by atoms with Crippen molar-refractivity contribution >= 4 is 11.3 Å². The molecule has 1 heterocycles. The van der Waals surface area contributed by atoms with E-state index in [0.29, 0.717) is 12.1 Å². The van der Waals surface area contributed by atoms with E-state index < -0.39 is 0 Å². The standard InChI is InChI=1S/C13H25N3S/c1-10(2)6-12(7-16(4)5)15-11(3)13-8-17-9-14-13/h8-12,15H,6-7H2,1-5H3. The van der Waals surface area contributed by atoms with Crippen LogP contribution in [0.2, 0.25) is 0 Å². The molecule has 1 aromatic rings. The van der Waals surface area contributed by atoms with Crippen LogP contribution in [0.5, 0.6) is 0 Å². The van der Waals surface area contributed by atoms with Crippen LogP contribution in [0.1, 0.15) is 38.9 Å². The zero-order chi connectivity index (χ0) is 12.8. The highest BCUT2D eigenvalue weighted by atomic mass is 32.1. The Kier molecular flexibility index (Phi) is 6.09. The molecular weight excluding hydrogens is 230 g/mol. The van der Waals surface area contributed by atoms with Crippen LogP contribution in [-0.4, -0.2) is 36.6 Å². The fourth-order valence-corrected chi connectivity index (χ4v) is 2.73. The van der Waals surface area contributed by atoms with Crippen molar-refractivity contribution in [3.8, 4) is 0 Å². The second-order valence-electron chi connectivity index (χ2n) is 5.39. The maximum Gasteiger partial charge on any atom is 0.0795 e. The lowest BCUT2D eigenvalue weighted by molar-refractivity contribution is 0.290. The van der Waals surface area contributed by atoms with Crippen molar-refractivity contribution in [1.29, 1.82) is 0 Å². The van der Waals surface area contributed by atoms with Gasteiger partial charge in [0.2, 0.25) is 0 Å². The third kappa shape index (κ3) is 5.61. The minimum absolute atomic E-state index is 0.338. The zero-order valence-electron chi connectivity index (χ0n) is 11.6. The molecule has 1 N–H and O–H groups in total. The summed E-state index contributed by atoms with van der Waals surface area (Å²) in [5.41, 5.74) is 3.05. The summed E-state index contributed by atoms with van der Waals surface area (Å²) in [7, 11) is 4.25. The van der Waals surface area contributed by atoms with Crippen molar-refractivity contribution in [3.63, 3.8) is 0 Å². The Bertz CT molecular complexity index is 286. The highest BCUT2D eigenvalue weighted by Crippen LogP contribution is 2.15. The molecule has 4 heteroatoms. The summed E-state index contributed by atoms with van der Waals surface area (Å²) >= 11 is 1.66. The summed E-state index contributed by atoms with van der Waals surface area (Å²) < 4.78 is 0. The Morgan fingerprint density at radius 1 is 1.35 bits per heavy atom. The number of hydrogen-bond donors (Lipinski definition) is 1. The number of nitrogens with one attached hydrogen (secondary N) is 1. The van der Waals surface area contributed by atoms with Crippen LogP contribution in [0.3, 0.4) is 0 Å². The molecule has 98 valence electrons. The van der Waals surface area contributed by atoms with Crippen molar-refractivity contribution in [3.05, 3.63) is 16.6 Å². The Morgan fingerprint density at radius 2 is 2.06 bits per heavy atom. The van der Waals surface area contributed by atoms with E-state index in [1.165, 1.54) is 6.42 Å². The summed E-state index contributed by atoms with van der Waals surface area (Å²) in [5.74, 6) is 0.718. The van der Waals surface area contributed by atoms with E-state index in [2.05, 4.69) is 55.4 Å². The van der Waals surface area contributed by atoms with Gasteiger partial charge < -0.3 is 10.2 Å². The van der Waals surface area contributed by atoms with Gasteiger partial charge in [-0.1, -0.05) is 13.8 Å². The molecule has 2 atom stereocenters. The molecule has 3 nitrogen and oxygen atoms in total. The first-order valence-electron chi connectivity index (χ1n) is 6.28. The lowest BCUT2D eigenvalue weighted by Crippen LogP contribution is -2.40. The molecular formula is C13H25N3S. The van der Waals surface area contributed by atoms with Crippen molar-refractivity contribution in [1.82, 2.24) is 15.2 Å². The van der Waals surface area contributed by atoms with Gasteiger partial charge in [-0.15, -0.1) is 11.3 Å². The van der Waals surface area contributed by atoms with Gasteiger partial charge in [-0.2, -0.15) is 0 Å². The van der Waals surface area contributed by atoms with Gasteiger partial charge >= 0.3 is 0 Å². The summed E-state index contributed by atoms with van der Waals surface area (Å²) in [6.45, 7) is 7.82. The number of nitrogens with zero attached hydrogens (tertiary/aromatic N) is 2. The van der Waals surface area contributed by atoms with Crippen LogP contribution in [-0.2, 0) is 0 Å². The third-order valence-corrected chi connectivity index (χ3v) is 3.33. The molecule has 2 unspecified atom stereocenters. The first kappa shape index (κ1) is 14.6. The van der Waals surface area contributed by atoms with E-state index in [1.807, 2.05) is 5.51 Å². The van der Waals surface area contributed by atoms with Gasteiger partial charge in [-0.3, -0.25) is 0 Å². The van der Waals surface area contributed by atoms with Crippen molar-refractivity contribution < 1.29 is 0 Å². The number of hydrogen-bond acceptors (Lipinski definition) is 4. The Morgan fingerprint density at radius 3 is 2.53 bits per heavy atom. The van der Waals surface area contributed by atoms with Crippen molar-refractivity contribution in [2.24, 2.45) is 5.92 Å². The van der Waals surface area contributed by atoms with E-state index in [-0.39, 0.29) is 0 Å². The van der Waals surface area contributed by atoms with Crippen LogP contribution in [0, 0.1) is 5.92 Å². The molecule has 0 aromatic carbocycles. The highest BCUT2D eigenvalue weighted by molar-refractivity contribution is 7.07. The summed E-state index contributed by atoms with van der Waals surface area (Å²) in [6, 6.07) is 0.867. The number of thiazole rings is 1. The molecule has 1 rings (SSSR count). The van der Waals surface area contributed by atoms with Crippen LogP contribution in [0.25, 0.3) is 0 Å². The molecule has 0 fully saturated rings. The van der Waals surface area contributed by atoms with Gasteiger partial charge in [-0.05, 0) is 33.4 Å². The molecule has 0 saturated heterocycles. The molecule has 0 spiro atoms. The number of likely N-dealkylation sites (N-methyl/N-ethyl adjacent to an activating group) is 1. The normalized spacial score (nSPS) is 15.5. The summed E-state index contributed by atoms with van der Waals surface area (Å²) in [5, 5.41) is 5.81. The van der Waals surface area contributed by atoms with E-state index in [1.54, 1.807) is 11.3 Å². The fraction of sp³-hybridized carbons (Fsp3) is 0.769. The summed E-state index contributed by atoms with van der Waals surface area (Å²) in [6.07, 6.45) is 1.20. The fourth-order valence-electron chi connectivity index (χ4n) is 2.08. The van der Waals surface area contributed by atoms with Gasteiger partial charge in [0.15, 0.2) is 0 Å². The second kappa shape index (κ2) is 7.09. The maximum atomic E-state index is 4.37. The number of aromatic nitrogens is 1. The first-order valence-corrected chi connectivity index (χ1v) is 7.22. The second-order valence-corrected chi connectivity index (χ2v) is 6.11. The zero-order valence-corrected chi connectivity index (χ0v) is 12.4. The van der Waals surface area contributed by atoms with Crippen molar-refractivity contribution in [2.75, 3.05) is 20.6 Å². The van der Waals surface area contributed by atoms with Crippen LogP contribution in [0.15, 0.2) is 10.9 Å². The molecule has 0 amide bonds. The van der Waals surface area contributed by atoms with Gasteiger partial charge in [0, 0.05) is 24.0 Å². The minimum Gasteiger partial charge on any atom is -0.308 e. The van der Waals surface area contributed by atoms with E-state index in [0.717, 1.165) is 18.2 Å². The molecule has 0 aliphatic rings. The average Bonchev–Trinajstić information content (AvgIpc) is 2.67. The lowest BCUT2D eigenvalue weighted by Gasteiger charge is -2.26. The molecule has 1 aromatic heterocycles. The maximum absolute atomic E-state index is 4.37. The Balaban J connectivity index is 2.52. The molecule has 17 heavy (non-hydrogen) atoms. The van der Waals surface area contributed by atoms with Crippen LogP contribution < -0.4 is 5.32 Å². The van der Waals surface area contributed by atoms with Gasteiger partial charge in [0.25, 0.3) is 0 Å². The summed E-state index contributed by atoms with van der Waals surface area (Å²) in [4.78, 5) is 6.61. The van der Waals surface area contributed by atoms with E-state index >= 15 is 0 Å². The predicted molar refractivity (Wildman–Crippen MR) is 75.5 cm³/mol. The lowest BCUT2D eigenvalue weighted by atomic mass is 10.0. The largest absolute Gasteiger partial charge is 0.308 e. The Labute approximate surface area is 109 Å². The SMILES string of the molecule is CC(C)CC(CN(C)C)NC(C)c1cscn1. The predicted octanol–water partition coefficient (Wildman–Crippen LogP) is 2.77. The smallest absolute Gasteiger partial charge is 0.0795 e. The number of rotatable bonds is 7. The van der Waals surface area contributed by atoms with Gasteiger partial charge in [-0.25, -0.2) is 4.98 Å². The molecule has 0 bridgehead atoms. The average molecular weight is 255 g/mol. The Hall–Kier alpha value is -0.450. The van der Waals surface area contributed by atoms with Crippen LogP contribution in [0.4, 0.5) is 0 Å². The third-order valence-electron chi connectivity index (χ3n) is 2.72. The van der Waals surface area contributed by atoms with Crippen molar-refractivity contribution in [2.45, 2.75) is 39.3 Å². The molecule has 0 aliphatic carbocycles. The van der Waals surface area contributed by atoms with E-state index in [4.69, 9.17) is 0 Å². The van der Waals surface area contributed by atoms with Gasteiger partial charge in [0.1, 0.15) is 0 Å². The first-order chi connectivity index (χ1) is 7.99. The highest BCUT2D eigenvalue weighted by Gasteiger charge is 2.16.